The van der Waals surface area contributed by atoms with Crippen molar-refractivity contribution in [2.24, 2.45) is 5.73 Å². The second-order valence-corrected chi connectivity index (χ2v) is 6.09. The van der Waals surface area contributed by atoms with Crippen LogP contribution >= 0.6 is 0 Å². The number of aryl methyl sites for hydroxylation is 2. The van der Waals surface area contributed by atoms with E-state index in [1.165, 1.54) is 0 Å². The van der Waals surface area contributed by atoms with Gasteiger partial charge in [0, 0.05) is 16.8 Å². The number of nitrogens with one attached hydrogen (secondary N) is 2. The van der Waals surface area contributed by atoms with Crippen LogP contribution < -0.4 is 15.8 Å². The number of carbonyl (C=O) groups is 2. The Bertz CT molecular complexity index is 878. The molecule has 2 rings (SSSR count). The lowest BCUT2D eigenvalue weighted by Gasteiger charge is -2.21. The van der Waals surface area contributed by atoms with Gasteiger partial charge in [0.15, 0.2) is 12.6 Å². The monoisotopic (exact) mass is 371 g/mol. The largest absolute Gasteiger partial charge is 0.481 e. The molecule has 0 aliphatic heterocycles. The van der Waals surface area contributed by atoms with E-state index in [2.05, 4.69) is 5.32 Å². The average Bonchev–Trinajstić information content (AvgIpc) is 2.58. The van der Waals surface area contributed by atoms with Crippen LogP contribution in [0.5, 0.6) is 5.75 Å². The Hall–Kier alpha value is -3.55. The summed E-state index contributed by atoms with van der Waals surface area (Å²) in [5.74, 6) is -2.16. The van der Waals surface area contributed by atoms with Gasteiger partial charge in [0.05, 0.1) is 0 Å². The van der Waals surface area contributed by atoms with E-state index in [1.807, 2.05) is 6.92 Å². The van der Waals surface area contributed by atoms with Gasteiger partial charge in [-0.05, 0) is 49.7 Å². The van der Waals surface area contributed by atoms with E-state index in [9.17, 15) is 14.7 Å². The minimum absolute atomic E-state index is 0.0880. The average molecular weight is 371 g/mol. The number of benzene rings is 2. The lowest BCUT2D eigenvalue weighted by Crippen LogP contribution is -2.23. The molecule has 1 unspecified atom stereocenters. The van der Waals surface area contributed by atoms with Crippen molar-refractivity contribution in [2.45, 2.75) is 19.9 Å². The van der Waals surface area contributed by atoms with Gasteiger partial charge in [-0.15, -0.1) is 0 Å². The highest BCUT2D eigenvalue weighted by molar-refractivity contribution is 5.95. The molecule has 6 N–H and O–H groups in total. The molecule has 0 spiro atoms. The minimum atomic E-state index is -1.16. The SMILES string of the molecule is Cc1cc(C)c(OCC(=O)O)c(C(Nc2ccc(C(=N)N)cc2)C(=O)O)c1. The summed E-state index contributed by atoms with van der Waals surface area (Å²) in [5.41, 5.74) is 8.25. The van der Waals surface area contributed by atoms with Crippen LogP contribution in [0.15, 0.2) is 36.4 Å². The number of carboxylic acids is 2. The van der Waals surface area contributed by atoms with E-state index in [0.717, 1.165) is 5.56 Å². The zero-order chi connectivity index (χ0) is 20.1. The summed E-state index contributed by atoms with van der Waals surface area (Å²) in [7, 11) is 0. The van der Waals surface area contributed by atoms with E-state index < -0.39 is 24.6 Å². The molecule has 0 aromatic heterocycles. The van der Waals surface area contributed by atoms with Crippen LogP contribution in [-0.4, -0.2) is 34.6 Å². The first kappa shape index (κ1) is 19.8. The van der Waals surface area contributed by atoms with Gasteiger partial charge in [-0.25, -0.2) is 9.59 Å². The Labute approximate surface area is 156 Å². The van der Waals surface area contributed by atoms with Crippen molar-refractivity contribution in [3.05, 3.63) is 58.7 Å². The summed E-state index contributed by atoms with van der Waals surface area (Å²) in [6.45, 7) is 2.98. The van der Waals surface area contributed by atoms with Crippen molar-refractivity contribution < 1.29 is 24.5 Å². The third-order valence-electron chi connectivity index (χ3n) is 3.85. The Kier molecular flexibility index (Phi) is 6.02. The molecule has 0 saturated heterocycles. The Morgan fingerprint density at radius 2 is 1.81 bits per heavy atom. The predicted molar refractivity (Wildman–Crippen MR) is 101 cm³/mol. The standard InChI is InChI=1S/C19H21N3O5/c1-10-7-11(2)17(27-9-15(23)24)14(8-10)16(19(25)26)22-13-5-3-12(4-6-13)18(20)21/h3-8,16,22H,9H2,1-2H3,(H3,20,21)(H,23,24)(H,25,26). The number of anilines is 1. The van der Waals surface area contributed by atoms with Crippen molar-refractivity contribution >= 4 is 23.5 Å². The number of nitrogens with two attached hydrogens (primary N) is 1. The molecule has 8 heteroatoms. The third kappa shape index (κ3) is 4.97. The molecule has 8 nitrogen and oxygen atoms in total. The Morgan fingerprint density at radius 3 is 2.33 bits per heavy atom. The maximum atomic E-state index is 11.9. The highest BCUT2D eigenvalue weighted by Gasteiger charge is 2.25. The lowest BCUT2D eigenvalue weighted by molar-refractivity contribution is -0.139. The number of amidine groups is 1. The predicted octanol–water partition coefficient (Wildman–Crippen LogP) is 2.29. The maximum Gasteiger partial charge on any atom is 0.341 e. The molecule has 27 heavy (non-hydrogen) atoms. The first-order chi connectivity index (χ1) is 12.7. The van der Waals surface area contributed by atoms with Gasteiger partial charge in [0.2, 0.25) is 0 Å². The van der Waals surface area contributed by atoms with Gasteiger partial charge in [-0.3, -0.25) is 5.41 Å². The molecule has 2 aromatic carbocycles. The van der Waals surface area contributed by atoms with Gasteiger partial charge in [-0.2, -0.15) is 0 Å². The summed E-state index contributed by atoms with van der Waals surface area (Å²) in [4.78, 5) is 22.8. The number of nitrogen functional groups attached to an aromatic ring is 1. The second-order valence-electron chi connectivity index (χ2n) is 6.09. The summed E-state index contributed by atoms with van der Waals surface area (Å²) in [6, 6.07) is 8.73. The molecule has 0 saturated carbocycles. The fourth-order valence-corrected chi connectivity index (χ4v) is 2.72. The van der Waals surface area contributed by atoms with Crippen molar-refractivity contribution in [3.63, 3.8) is 0 Å². The lowest BCUT2D eigenvalue weighted by atomic mass is 9.99. The second kappa shape index (κ2) is 8.22. The highest BCUT2D eigenvalue weighted by atomic mass is 16.5. The summed E-state index contributed by atoms with van der Waals surface area (Å²) < 4.78 is 5.36. The normalized spacial score (nSPS) is 11.5. The van der Waals surface area contributed by atoms with Gasteiger partial charge in [0.1, 0.15) is 11.6 Å². The molecular formula is C19H21N3O5. The molecular weight excluding hydrogens is 350 g/mol. The van der Waals surface area contributed by atoms with Gasteiger partial charge >= 0.3 is 11.9 Å². The van der Waals surface area contributed by atoms with E-state index >= 15 is 0 Å². The van der Waals surface area contributed by atoms with Crippen molar-refractivity contribution in [1.29, 1.82) is 5.41 Å². The summed E-state index contributed by atoms with van der Waals surface area (Å²) >= 11 is 0. The Balaban J connectivity index is 2.41. The summed E-state index contributed by atoms with van der Waals surface area (Å²) in [6.07, 6.45) is 0. The van der Waals surface area contributed by atoms with Crippen LogP contribution in [0.4, 0.5) is 5.69 Å². The highest BCUT2D eigenvalue weighted by Crippen LogP contribution is 2.33. The van der Waals surface area contributed by atoms with Crippen LogP contribution in [0.2, 0.25) is 0 Å². The number of ether oxygens (including phenoxy) is 1. The van der Waals surface area contributed by atoms with Crippen LogP contribution in [0.1, 0.15) is 28.3 Å². The quantitative estimate of drug-likeness (QED) is 0.353. The first-order valence-electron chi connectivity index (χ1n) is 8.08. The molecule has 1 atom stereocenters. The molecule has 0 radical (unpaired) electrons. The molecule has 0 amide bonds. The first-order valence-corrected chi connectivity index (χ1v) is 8.08. The fourth-order valence-electron chi connectivity index (χ4n) is 2.72. The number of hydrogen-bond acceptors (Lipinski definition) is 5. The van der Waals surface area contributed by atoms with Gasteiger partial charge in [-0.1, -0.05) is 11.6 Å². The van der Waals surface area contributed by atoms with Crippen molar-refractivity contribution in [1.82, 2.24) is 0 Å². The Morgan fingerprint density at radius 1 is 1.19 bits per heavy atom. The number of aliphatic carboxylic acids is 2. The van der Waals surface area contributed by atoms with Crippen LogP contribution in [0.3, 0.4) is 0 Å². The van der Waals surface area contributed by atoms with Gasteiger partial charge < -0.3 is 26.0 Å². The molecule has 0 aliphatic rings. The molecule has 2 aromatic rings. The molecule has 142 valence electrons. The molecule has 0 heterocycles. The van der Waals surface area contributed by atoms with Crippen LogP contribution in [0.25, 0.3) is 0 Å². The van der Waals surface area contributed by atoms with E-state index in [4.69, 9.17) is 21.0 Å². The van der Waals surface area contributed by atoms with Gasteiger partial charge in [0.25, 0.3) is 0 Å². The minimum Gasteiger partial charge on any atom is -0.481 e. The molecule has 0 bridgehead atoms. The zero-order valence-electron chi connectivity index (χ0n) is 14.9. The smallest absolute Gasteiger partial charge is 0.341 e. The number of carboxylic acid groups (broad SMARTS) is 2. The van der Waals surface area contributed by atoms with Crippen LogP contribution in [-0.2, 0) is 9.59 Å². The number of rotatable bonds is 8. The fraction of sp³-hybridized carbons (Fsp3) is 0.211. The van der Waals surface area contributed by atoms with Crippen molar-refractivity contribution in [3.8, 4) is 5.75 Å². The topological polar surface area (TPSA) is 146 Å². The summed E-state index contributed by atoms with van der Waals surface area (Å²) in [5, 5.41) is 28.9. The molecule has 0 aliphatic carbocycles. The van der Waals surface area contributed by atoms with E-state index in [1.54, 1.807) is 43.3 Å². The van der Waals surface area contributed by atoms with Crippen LogP contribution in [0, 0.1) is 19.3 Å². The molecule has 0 fully saturated rings. The third-order valence-corrected chi connectivity index (χ3v) is 3.85. The van der Waals surface area contributed by atoms with E-state index in [0.29, 0.717) is 22.4 Å². The van der Waals surface area contributed by atoms with E-state index in [-0.39, 0.29) is 11.6 Å². The van der Waals surface area contributed by atoms with Crippen molar-refractivity contribution in [2.75, 3.05) is 11.9 Å². The maximum absolute atomic E-state index is 11.9. The number of hydrogen-bond donors (Lipinski definition) is 5. The zero-order valence-corrected chi connectivity index (χ0v) is 14.9.